The summed E-state index contributed by atoms with van der Waals surface area (Å²) in [4.78, 5) is 26.2. The maximum atomic E-state index is 13.4. The monoisotopic (exact) mass is 540 g/mol. The van der Waals surface area contributed by atoms with Crippen LogP contribution in [-0.4, -0.2) is 67.6 Å². The van der Waals surface area contributed by atoms with Gasteiger partial charge in [0.1, 0.15) is 0 Å². The van der Waals surface area contributed by atoms with Crippen LogP contribution in [0.4, 0.5) is 0 Å². The van der Waals surface area contributed by atoms with Crippen LogP contribution in [0.15, 0.2) is 36.7 Å². The second-order valence-corrected chi connectivity index (χ2v) is 12.3. The first-order chi connectivity index (χ1) is 19.4. The van der Waals surface area contributed by atoms with E-state index in [1.54, 1.807) is 0 Å². The summed E-state index contributed by atoms with van der Waals surface area (Å²) in [5.41, 5.74) is 7.21. The molecule has 5 heterocycles. The van der Waals surface area contributed by atoms with Crippen molar-refractivity contribution < 1.29 is 4.79 Å². The SMILES string of the molecule is CCC1(CC)CCCCN1CC(=O)N1CCC(c2ccc3[nH]c(-c4ccnc5[nH]ncc45)c(C(C)C)c3c2)CC1. The average Bonchev–Trinajstić information content (AvgIpc) is 3.62. The number of hydrogen-bond acceptors (Lipinski definition) is 4. The summed E-state index contributed by atoms with van der Waals surface area (Å²) >= 11 is 0. The molecule has 0 radical (unpaired) electrons. The first-order valence-electron chi connectivity index (χ1n) is 15.4. The predicted octanol–water partition coefficient (Wildman–Crippen LogP) is 6.98. The molecule has 1 amide bonds. The predicted molar refractivity (Wildman–Crippen MR) is 163 cm³/mol. The summed E-state index contributed by atoms with van der Waals surface area (Å²) in [6.45, 7) is 12.5. The molecule has 0 aliphatic carbocycles. The topological polar surface area (TPSA) is 80.9 Å². The Morgan fingerprint density at radius 2 is 1.88 bits per heavy atom. The van der Waals surface area contributed by atoms with Gasteiger partial charge in [-0.2, -0.15) is 5.10 Å². The highest BCUT2D eigenvalue weighted by molar-refractivity contribution is 5.98. The van der Waals surface area contributed by atoms with E-state index in [2.05, 4.69) is 81.9 Å². The van der Waals surface area contributed by atoms with Crippen molar-refractivity contribution >= 4 is 27.8 Å². The molecule has 0 atom stereocenters. The van der Waals surface area contributed by atoms with E-state index in [0.717, 1.165) is 67.6 Å². The Hall–Kier alpha value is -3.19. The quantitative estimate of drug-likeness (QED) is 0.265. The number of nitrogens with zero attached hydrogens (tertiary/aromatic N) is 4. The lowest BCUT2D eigenvalue weighted by Crippen LogP contribution is -2.55. The van der Waals surface area contributed by atoms with Gasteiger partial charge in [0.2, 0.25) is 5.91 Å². The van der Waals surface area contributed by atoms with E-state index in [1.807, 2.05) is 12.4 Å². The van der Waals surface area contributed by atoms with Crippen LogP contribution >= 0.6 is 0 Å². The number of amides is 1. The molecule has 212 valence electrons. The molecule has 0 bridgehead atoms. The fraction of sp³-hybridized carbons (Fsp3) is 0.545. The minimum absolute atomic E-state index is 0.213. The van der Waals surface area contributed by atoms with Gasteiger partial charge in [0.15, 0.2) is 5.65 Å². The molecule has 40 heavy (non-hydrogen) atoms. The number of pyridine rings is 1. The Kier molecular flexibility index (Phi) is 7.43. The number of piperidine rings is 2. The maximum absolute atomic E-state index is 13.4. The molecule has 7 nitrogen and oxygen atoms in total. The number of carbonyl (C=O) groups is 1. The van der Waals surface area contributed by atoms with Crippen LogP contribution < -0.4 is 0 Å². The normalized spacial score (nSPS) is 18.8. The van der Waals surface area contributed by atoms with Crippen molar-refractivity contribution in [1.29, 1.82) is 0 Å². The third-order valence-corrected chi connectivity index (χ3v) is 10.0. The summed E-state index contributed by atoms with van der Waals surface area (Å²) in [7, 11) is 0. The van der Waals surface area contributed by atoms with Gasteiger partial charge in [0.25, 0.3) is 0 Å². The van der Waals surface area contributed by atoms with Crippen molar-refractivity contribution in [2.75, 3.05) is 26.2 Å². The fourth-order valence-electron chi connectivity index (χ4n) is 7.54. The molecular weight excluding hydrogens is 496 g/mol. The molecule has 1 aromatic carbocycles. The Bertz CT molecular complexity index is 1490. The second kappa shape index (κ2) is 11.0. The van der Waals surface area contributed by atoms with Crippen molar-refractivity contribution in [3.05, 3.63) is 47.8 Å². The number of likely N-dealkylation sites (tertiary alicyclic amines) is 2. The van der Waals surface area contributed by atoms with Crippen LogP contribution in [0.25, 0.3) is 33.2 Å². The van der Waals surface area contributed by atoms with E-state index in [4.69, 9.17) is 0 Å². The highest BCUT2D eigenvalue weighted by Gasteiger charge is 2.37. The molecule has 0 spiro atoms. The highest BCUT2D eigenvalue weighted by atomic mass is 16.2. The minimum atomic E-state index is 0.213. The second-order valence-electron chi connectivity index (χ2n) is 12.3. The van der Waals surface area contributed by atoms with E-state index in [0.29, 0.717) is 24.3 Å². The van der Waals surface area contributed by atoms with E-state index in [9.17, 15) is 4.79 Å². The average molecular weight is 541 g/mol. The lowest BCUT2D eigenvalue weighted by molar-refractivity contribution is -0.136. The van der Waals surface area contributed by atoms with Gasteiger partial charge in [-0.05, 0) is 86.2 Å². The van der Waals surface area contributed by atoms with Gasteiger partial charge < -0.3 is 9.88 Å². The maximum Gasteiger partial charge on any atom is 0.236 e. The smallest absolute Gasteiger partial charge is 0.236 e. The summed E-state index contributed by atoms with van der Waals surface area (Å²) in [5.74, 6) is 1.16. The van der Waals surface area contributed by atoms with Crippen LogP contribution in [0.3, 0.4) is 0 Å². The molecule has 6 rings (SSSR count). The van der Waals surface area contributed by atoms with Crippen LogP contribution in [-0.2, 0) is 4.79 Å². The van der Waals surface area contributed by atoms with Crippen molar-refractivity contribution in [3.63, 3.8) is 0 Å². The zero-order valence-corrected chi connectivity index (χ0v) is 24.6. The van der Waals surface area contributed by atoms with Gasteiger partial charge in [-0.15, -0.1) is 0 Å². The molecule has 2 aliphatic heterocycles. The number of nitrogens with one attached hydrogen (secondary N) is 2. The van der Waals surface area contributed by atoms with E-state index in [1.165, 1.54) is 41.3 Å². The first kappa shape index (κ1) is 27.0. The van der Waals surface area contributed by atoms with Crippen LogP contribution in [0, 0.1) is 0 Å². The zero-order valence-electron chi connectivity index (χ0n) is 24.6. The van der Waals surface area contributed by atoms with Gasteiger partial charge in [-0.3, -0.25) is 14.8 Å². The molecular formula is C33H44N6O. The van der Waals surface area contributed by atoms with Crippen molar-refractivity contribution in [2.24, 2.45) is 0 Å². The Morgan fingerprint density at radius 3 is 2.62 bits per heavy atom. The van der Waals surface area contributed by atoms with E-state index >= 15 is 0 Å². The highest BCUT2D eigenvalue weighted by Crippen LogP contribution is 2.40. The van der Waals surface area contributed by atoms with Gasteiger partial charge in [-0.1, -0.05) is 40.2 Å². The first-order valence-corrected chi connectivity index (χ1v) is 15.4. The van der Waals surface area contributed by atoms with Gasteiger partial charge in [-0.25, -0.2) is 4.98 Å². The summed E-state index contributed by atoms with van der Waals surface area (Å²) in [5, 5.41) is 9.56. The largest absolute Gasteiger partial charge is 0.354 e. The van der Waals surface area contributed by atoms with Gasteiger partial charge >= 0.3 is 0 Å². The number of hydrogen-bond donors (Lipinski definition) is 2. The van der Waals surface area contributed by atoms with E-state index < -0.39 is 0 Å². The molecule has 0 unspecified atom stereocenters. The van der Waals surface area contributed by atoms with Crippen molar-refractivity contribution in [2.45, 2.75) is 90.0 Å². The van der Waals surface area contributed by atoms with Crippen LogP contribution in [0.5, 0.6) is 0 Å². The fourth-order valence-corrected chi connectivity index (χ4v) is 7.54. The molecule has 2 N–H and O–H groups in total. The van der Waals surface area contributed by atoms with Crippen molar-refractivity contribution in [3.8, 4) is 11.3 Å². The zero-order chi connectivity index (χ0) is 27.9. The summed E-state index contributed by atoms with van der Waals surface area (Å²) in [6, 6.07) is 9.03. The van der Waals surface area contributed by atoms with Gasteiger partial charge in [0, 0.05) is 46.7 Å². The molecule has 3 aromatic heterocycles. The van der Waals surface area contributed by atoms with Crippen molar-refractivity contribution in [1.82, 2.24) is 30.0 Å². The lowest BCUT2D eigenvalue weighted by atomic mass is 9.82. The molecule has 2 saturated heterocycles. The summed E-state index contributed by atoms with van der Waals surface area (Å²) < 4.78 is 0. The molecule has 2 fully saturated rings. The number of aromatic nitrogens is 4. The standard InChI is InChI=1S/C33H44N6O/c1-5-33(6-2)14-7-8-16-39(33)21-29(40)38-17-12-23(13-18-38)24-9-10-28-26(19-24)30(22(3)4)31(36-28)25-11-15-34-32-27(25)20-35-37-32/h9-11,15,19-20,22-23,36H,5-8,12-14,16-18,21H2,1-4H3,(H,34,35,37). The summed E-state index contributed by atoms with van der Waals surface area (Å²) in [6.07, 6.45) is 11.8. The number of benzene rings is 1. The number of carbonyl (C=O) groups excluding carboxylic acids is 1. The molecule has 0 saturated carbocycles. The number of aromatic amines is 2. The Labute approximate surface area is 237 Å². The number of H-pyrrole nitrogens is 2. The number of rotatable bonds is 7. The Morgan fingerprint density at radius 1 is 1.07 bits per heavy atom. The number of fused-ring (bicyclic) bond motifs is 2. The Balaban J connectivity index is 1.20. The third kappa shape index (κ3) is 4.72. The van der Waals surface area contributed by atoms with Gasteiger partial charge in [0.05, 0.1) is 18.4 Å². The van der Waals surface area contributed by atoms with E-state index in [-0.39, 0.29) is 5.54 Å². The molecule has 4 aromatic rings. The minimum Gasteiger partial charge on any atom is -0.354 e. The molecule has 2 aliphatic rings. The molecule has 7 heteroatoms. The lowest BCUT2D eigenvalue weighted by Gasteiger charge is -2.47. The van der Waals surface area contributed by atoms with Crippen LogP contribution in [0.1, 0.15) is 95.6 Å². The third-order valence-electron chi connectivity index (χ3n) is 10.0. The van der Waals surface area contributed by atoms with Crippen LogP contribution in [0.2, 0.25) is 0 Å².